The maximum Gasteiger partial charge on any atom is 0.490 e. The number of thiazole rings is 1. The molecular formula is C26H30F6N4O5S. The van der Waals surface area contributed by atoms with E-state index >= 15 is 0 Å². The van der Waals surface area contributed by atoms with Crippen molar-refractivity contribution in [1.82, 2.24) is 15.2 Å². The monoisotopic (exact) mass is 624 g/mol. The number of hydrogen-bond donors (Lipinski definition) is 3. The second kappa shape index (κ2) is 13.7. The molecule has 3 aliphatic heterocycles. The maximum absolute atomic E-state index is 12.7. The molecule has 0 unspecified atom stereocenters. The summed E-state index contributed by atoms with van der Waals surface area (Å²) in [6.07, 6.45) is -3.38. The fraction of sp³-hybridized carbons (Fsp3) is 0.538. The number of anilines is 1. The Labute approximate surface area is 241 Å². The molecule has 4 heterocycles. The number of benzene rings is 1. The molecule has 2 aromatic rings. The van der Waals surface area contributed by atoms with Crippen LogP contribution in [-0.4, -0.2) is 83.0 Å². The zero-order valence-electron chi connectivity index (χ0n) is 22.3. The van der Waals surface area contributed by atoms with Gasteiger partial charge >= 0.3 is 24.3 Å². The van der Waals surface area contributed by atoms with E-state index < -0.39 is 24.3 Å². The molecule has 232 valence electrons. The average Bonchev–Trinajstić information content (AvgIpc) is 3.49. The van der Waals surface area contributed by atoms with Gasteiger partial charge in [0.05, 0.1) is 11.2 Å². The highest BCUT2D eigenvalue weighted by molar-refractivity contribution is 7.17. The molecule has 1 spiro atoms. The number of carboxylic acid groups (broad SMARTS) is 2. The zero-order valence-corrected chi connectivity index (χ0v) is 23.1. The predicted octanol–water partition coefficient (Wildman–Crippen LogP) is 4.68. The molecule has 9 nitrogen and oxygen atoms in total. The Balaban J connectivity index is 0.000000289. The number of hydrogen-bond acceptors (Lipinski definition) is 7. The molecule has 0 atom stereocenters. The van der Waals surface area contributed by atoms with Crippen LogP contribution >= 0.6 is 11.3 Å². The first-order valence-corrected chi connectivity index (χ1v) is 13.9. The number of aliphatic carboxylic acids is 2. The van der Waals surface area contributed by atoms with Gasteiger partial charge in [-0.2, -0.15) is 26.3 Å². The number of halogens is 6. The highest BCUT2D eigenvalue weighted by Gasteiger charge is 2.48. The fourth-order valence-electron chi connectivity index (χ4n) is 4.79. The van der Waals surface area contributed by atoms with Crippen LogP contribution in [0.2, 0.25) is 0 Å². The number of piperidine rings is 2. The smallest absolute Gasteiger partial charge is 0.475 e. The molecule has 0 radical (unpaired) electrons. The normalized spacial score (nSPS) is 18.2. The van der Waals surface area contributed by atoms with Crippen molar-refractivity contribution in [2.24, 2.45) is 0 Å². The molecule has 3 aliphatic rings. The summed E-state index contributed by atoms with van der Waals surface area (Å²) >= 11 is 1.60. The minimum absolute atomic E-state index is 0.0912. The lowest BCUT2D eigenvalue weighted by Gasteiger charge is -2.39. The van der Waals surface area contributed by atoms with Crippen LogP contribution in [-0.2, 0) is 21.5 Å². The Kier molecular flexibility index (Phi) is 10.8. The van der Waals surface area contributed by atoms with Crippen LogP contribution in [0.15, 0.2) is 30.3 Å². The molecule has 16 heteroatoms. The molecule has 3 N–H and O–H groups in total. The zero-order chi connectivity index (χ0) is 31.1. The number of alkyl halides is 6. The number of nitrogens with zero attached hydrogens (tertiary/aromatic N) is 3. The second-order valence-electron chi connectivity index (χ2n) is 9.94. The van der Waals surface area contributed by atoms with E-state index in [2.05, 4.69) is 45.4 Å². The highest BCUT2D eigenvalue weighted by Crippen LogP contribution is 2.43. The quantitative estimate of drug-likeness (QED) is 0.420. The van der Waals surface area contributed by atoms with Gasteiger partial charge in [-0.3, -0.25) is 4.79 Å². The molecule has 2 saturated heterocycles. The van der Waals surface area contributed by atoms with Crippen molar-refractivity contribution in [3.05, 3.63) is 46.5 Å². The molecule has 0 saturated carbocycles. The van der Waals surface area contributed by atoms with Gasteiger partial charge in [0.25, 0.3) is 5.91 Å². The minimum atomic E-state index is -5.08. The van der Waals surface area contributed by atoms with Crippen molar-refractivity contribution in [2.45, 2.75) is 56.4 Å². The largest absolute Gasteiger partial charge is 0.490 e. The van der Waals surface area contributed by atoms with Gasteiger partial charge in [-0.25, -0.2) is 14.6 Å². The van der Waals surface area contributed by atoms with Crippen molar-refractivity contribution in [1.29, 1.82) is 0 Å². The van der Waals surface area contributed by atoms with Crippen LogP contribution in [0.4, 0.5) is 31.5 Å². The summed E-state index contributed by atoms with van der Waals surface area (Å²) in [5.74, 6) is -5.42. The summed E-state index contributed by atoms with van der Waals surface area (Å²) in [6, 6.07) is 10.7. The summed E-state index contributed by atoms with van der Waals surface area (Å²) < 4.78 is 63.5. The molecule has 1 aromatic heterocycles. The van der Waals surface area contributed by atoms with Crippen molar-refractivity contribution in [2.75, 3.05) is 37.6 Å². The van der Waals surface area contributed by atoms with Crippen LogP contribution in [0, 0.1) is 0 Å². The molecule has 0 aliphatic carbocycles. The first-order valence-electron chi connectivity index (χ1n) is 13.1. The van der Waals surface area contributed by atoms with E-state index in [9.17, 15) is 31.1 Å². The van der Waals surface area contributed by atoms with Gasteiger partial charge in [0.1, 0.15) is 4.88 Å². The van der Waals surface area contributed by atoms with E-state index in [-0.39, 0.29) is 11.4 Å². The second-order valence-corrected chi connectivity index (χ2v) is 10.9. The Morgan fingerprint density at radius 3 is 1.93 bits per heavy atom. The van der Waals surface area contributed by atoms with Gasteiger partial charge in [0.15, 0.2) is 5.13 Å². The van der Waals surface area contributed by atoms with Crippen LogP contribution in [0.25, 0.3) is 0 Å². The van der Waals surface area contributed by atoms with E-state index in [1.54, 1.807) is 11.3 Å². The van der Waals surface area contributed by atoms with Gasteiger partial charge in [-0.15, -0.1) is 0 Å². The van der Waals surface area contributed by atoms with E-state index in [1.807, 2.05) is 0 Å². The average molecular weight is 625 g/mol. The lowest BCUT2D eigenvalue weighted by Crippen LogP contribution is -2.49. The van der Waals surface area contributed by atoms with Gasteiger partial charge < -0.3 is 25.3 Å². The summed E-state index contributed by atoms with van der Waals surface area (Å²) in [5.41, 5.74) is 2.19. The third-order valence-electron chi connectivity index (χ3n) is 7.01. The summed E-state index contributed by atoms with van der Waals surface area (Å²) in [7, 11) is 0. The molecule has 2 fully saturated rings. The van der Waals surface area contributed by atoms with Gasteiger partial charge in [-0.1, -0.05) is 41.7 Å². The third kappa shape index (κ3) is 8.80. The standard InChI is InChI=1S/C22H28N4OS.2C2HF3O2/c27-20-18-19(23-21(28-18)26-12-5-2-6-13-26)22(24-20)10-15-25(16-11-22)14-9-17-7-3-1-4-8-17;2*3-2(4,5)1(6)7/h1,3-4,7-8H,2,5-6,9-16H2,(H,24,27);2*(H,6,7). The summed E-state index contributed by atoms with van der Waals surface area (Å²) in [6.45, 7) is 5.27. The molecular weight excluding hydrogens is 594 g/mol. The number of carbonyl (C=O) groups excluding carboxylic acids is 1. The summed E-state index contributed by atoms with van der Waals surface area (Å²) in [4.78, 5) is 41.2. The number of carbonyl (C=O) groups is 3. The van der Waals surface area contributed by atoms with Crippen molar-refractivity contribution in [3.8, 4) is 0 Å². The van der Waals surface area contributed by atoms with E-state index in [0.29, 0.717) is 0 Å². The molecule has 1 amide bonds. The highest BCUT2D eigenvalue weighted by atomic mass is 32.1. The van der Waals surface area contributed by atoms with Crippen LogP contribution in [0.5, 0.6) is 0 Å². The number of nitrogens with one attached hydrogen (secondary N) is 1. The van der Waals surface area contributed by atoms with Crippen LogP contribution in [0.1, 0.15) is 53.0 Å². The number of rotatable bonds is 4. The lowest BCUT2D eigenvalue weighted by atomic mass is 9.86. The van der Waals surface area contributed by atoms with Gasteiger partial charge in [0.2, 0.25) is 0 Å². The van der Waals surface area contributed by atoms with Crippen LogP contribution in [0.3, 0.4) is 0 Å². The van der Waals surface area contributed by atoms with Crippen molar-refractivity contribution >= 4 is 34.3 Å². The number of amides is 1. The minimum Gasteiger partial charge on any atom is -0.475 e. The number of carboxylic acids is 2. The maximum atomic E-state index is 12.7. The first-order chi connectivity index (χ1) is 19.6. The molecule has 1 aromatic carbocycles. The number of aromatic nitrogens is 1. The third-order valence-corrected chi connectivity index (χ3v) is 8.12. The Morgan fingerprint density at radius 1 is 0.905 bits per heavy atom. The number of likely N-dealkylation sites (tertiary alicyclic amines) is 1. The first kappa shape index (κ1) is 33.1. The number of fused-ring (bicyclic) bond motifs is 2. The Morgan fingerprint density at radius 2 is 1.43 bits per heavy atom. The van der Waals surface area contributed by atoms with E-state index in [0.717, 1.165) is 67.7 Å². The molecule has 0 bridgehead atoms. The van der Waals surface area contributed by atoms with Crippen LogP contribution < -0.4 is 10.2 Å². The predicted molar refractivity (Wildman–Crippen MR) is 141 cm³/mol. The Bertz CT molecular complexity index is 1200. The Hall–Kier alpha value is -3.40. The van der Waals surface area contributed by atoms with E-state index in [4.69, 9.17) is 24.8 Å². The van der Waals surface area contributed by atoms with Gasteiger partial charge in [-0.05, 0) is 44.1 Å². The molecule has 5 rings (SSSR count). The van der Waals surface area contributed by atoms with E-state index in [1.165, 1.54) is 24.8 Å². The summed E-state index contributed by atoms with van der Waals surface area (Å²) in [5, 5.41) is 18.6. The fourth-order valence-corrected chi connectivity index (χ4v) is 5.91. The van der Waals surface area contributed by atoms with Crippen molar-refractivity contribution in [3.63, 3.8) is 0 Å². The SMILES string of the molecule is O=C(O)C(F)(F)F.O=C(O)C(F)(F)F.O=C1NC2(CCN(CCc3ccccc3)CC2)c2nc(N3CCCCC3)sc21. The topological polar surface area (TPSA) is 123 Å². The van der Waals surface area contributed by atoms with Gasteiger partial charge in [0, 0.05) is 32.7 Å². The van der Waals surface area contributed by atoms with Crippen molar-refractivity contribution < 1.29 is 50.9 Å². The molecule has 42 heavy (non-hydrogen) atoms. The lowest BCUT2D eigenvalue weighted by molar-refractivity contribution is -0.193.